The highest BCUT2D eigenvalue weighted by Crippen LogP contribution is 2.42. The molecular formula is C34H22N6O7S. The smallest absolute Gasteiger partial charge is 0.294 e. The van der Waals surface area contributed by atoms with Gasteiger partial charge in [0.15, 0.2) is 11.6 Å². The van der Waals surface area contributed by atoms with E-state index in [1.807, 2.05) is 0 Å². The number of azo groups is 2. The summed E-state index contributed by atoms with van der Waals surface area (Å²) in [5, 5.41) is 39.0. The van der Waals surface area contributed by atoms with E-state index < -0.39 is 32.3 Å². The van der Waals surface area contributed by atoms with E-state index in [9.17, 15) is 32.8 Å². The predicted molar refractivity (Wildman–Crippen MR) is 178 cm³/mol. The molecule has 0 amide bonds. The van der Waals surface area contributed by atoms with E-state index in [1.165, 1.54) is 42.5 Å². The standard InChI is InChI=1S/C34H22N6O7S/c35-21-10-12-23(17-4-3-9-27(41)29(17)21)37-39-25-7-1-5-18-31(25)33(43)19-6-2-8-26(32(19)34(18)44)40-38-24-13-11-22(36)30-20(24)14-16(15-28(30)42)48(45,46)47/h1-15,41-42H,35-36H2,(H,45,46,47). The minimum absolute atomic E-state index is 0.00550. The van der Waals surface area contributed by atoms with Crippen molar-refractivity contribution >= 4 is 77.4 Å². The molecule has 14 heteroatoms. The molecule has 0 heterocycles. The minimum Gasteiger partial charge on any atom is -0.507 e. The van der Waals surface area contributed by atoms with Gasteiger partial charge in [-0.15, -0.1) is 20.5 Å². The number of carbonyl (C=O) groups excluding carboxylic acids is 2. The van der Waals surface area contributed by atoms with Crippen molar-refractivity contribution in [3.63, 3.8) is 0 Å². The van der Waals surface area contributed by atoms with Gasteiger partial charge in [0, 0.05) is 50.1 Å². The van der Waals surface area contributed by atoms with Crippen LogP contribution in [0.15, 0.2) is 116 Å². The number of hydrogen-bond donors (Lipinski definition) is 5. The van der Waals surface area contributed by atoms with Crippen molar-refractivity contribution in [1.82, 2.24) is 0 Å². The van der Waals surface area contributed by atoms with Crippen molar-refractivity contribution in [3.05, 3.63) is 113 Å². The maximum absolute atomic E-state index is 13.9. The van der Waals surface area contributed by atoms with E-state index in [4.69, 9.17) is 11.5 Å². The van der Waals surface area contributed by atoms with Crippen molar-refractivity contribution in [2.45, 2.75) is 4.90 Å². The van der Waals surface area contributed by atoms with Crippen molar-refractivity contribution in [1.29, 1.82) is 0 Å². The molecule has 0 fully saturated rings. The third-order valence-corrected chi connectivity index (χ3v) is 8.79. The molecule has 13 nitrogen and oxygen atoms in total. The Labute approximate surface area is 271 Å². The molecule has 48 heavy (non-hydrogen) atoms. The lowest BCUT2D eigenvalue weighted by Gasteiger charge is -2.19. The van der Waals surface area contributed by atoms with E-state index in [0.717, 1.165) is 12.1 Å². The zero-order valence-electron chi connectivity index (χ0n) is 24.5. The molecular weight excluding hydrogens is 636 g/mol. The lowest BCUT2D eigenvalue weighted by molar-refractivity contribution is 0.0980. The molecule has 0 atom stereocenters. The molecule has 0 unspecified atom stereocenters. The first-order chi connectivity index (χ1) is 22.9. The van der Waals surface area contributed by atoms with E-state index in [-0.39, 0.29) is 61.5 Å². The Morgan fingerprint density at radius 2 is 1.02 bits per heavy atom. The van der Waals surface area contributed by atoms with Crippen molar-refractivity contribution < 1.29 is 32.8 Å². The van der Waals surface area contributed by atoms with Crippen LogP contribution in [0.1, 0.15) is 31.8 Å². The van der Waals surface area contributed by atoms with Gasteiger partial charge < -0.3 is 21.7 Å². The second-order valence-electron chi connectivity index (χ2n) is 10.8. The van der Waals surface area contributed by atoms with Gasteiger partial charge in [-0.3, -0.25) is 14.1 Å². The lowest BCUT2D eigenvalue weighted by Crippen LogP contribution is -2.21. The summed E-state index contributed by atoms with van der Waals surface area (Å²) in [7, 11) is -4.69. The number of phenols is 2. The average Bonchev–Trinajstić information content (AvgIpc) is 3.05. The van der Waals surface area contributed by atoms with Gasteiger partial charge in [0.05, 0.1) is 38.8 Å². The number of carbonyl (C=O) groups is 2. The molecule has 0 saturated heterocycles. The number of aromatic hydroxyl groups is 2. The van der Waals surface area contributed by atoms with Crippen LogP contribution in [-0.4, -0.2) is 34.8 Å². The Morgan fingerprint density at radius 3 is 1.56 bits per heavy atom. The molecule has 0 aromatic heterocycles. The lowest BCUT2D eigenvalue weighted by atomic mass is 9.82. The molecule has 0 spiro atoms. The number of hydrogen-bond acceptors (Lipinski definition) is 12. The number of phenolic OH excluding ortho intramolecular Hbond substituents is 2. The number of rotatable bonds is 5. The van der Waals surface area contributed by atoms with Gasteiger partial charge >= 0.3 is 0 Å². The molecule has 6 aromatic carbocycles. The Kier molecular flexibility index (Phi) is 6.96. The van der Waals surface area contributed by atoms with Crippen molar-refractivity contribution in [2.75, 3.05) is 11.5 Å². The summed E-state index contributed by atoms with van der Waals surface area (Å²) in [6, 6.07) is 22.0. The summed E-state index contributed by atoms with van der Waals surface area (Å²) in [4.78, 5) is 27.2. The molecule has 6 aromatic rings. The summed E-state index contributed by atoms with van der Waals surface area (Å²) in [5.41, 5.74) is 13.4. The first-order valence-electron chi connectivity index (χ1n) is 14.2. The summed E-state index contributed by atoms with van der Waals surface area (Å²) < 4.78 is 33.2. The molecule has 1 aliphatic carbocycles. The average molecular weight is 659 g/mol. The Bertz CT molecular complexity index is 2570. The van der Waals surface area contributed by atoms with Crippen LogP contribution in [0.25, 0.3) is 21.5 Å². The second-order valence-corrected chi connectivity index (χ2v) is 12.3. The maximum atomic E-state index is 13.9. The van der Waals surface area contributed by atoms with Gasteiger partial charge in [0.25, 0.3) is 10.1 Å². The number of fused-ring (bicyclic) bond motifs is 4. The summed E-state index contributed by atoms with van der Waals surface area (Å²) >= 11 is 0. The highest BCUT2D eigenvalue weighted by molar-refractivity contribution is 7.85. The van der Waals surface area contributed by atoms with Crippen LogP contribution in [0.2, 0.25) is 0 Å². The molecule has 7 rings (SSSR count). The summed E-state index contributed by atoms with van der Waals surface area (Å²) in [6.07, 6.45) is 0. The second kappa shape index (κ2) is 11.1. The number of nitrogens with zero attached hydrogens (tertiary/aromatic N) is 4. The van der Waals surface area contributed by atoms with Crippen LogP contribution in [0, 0.1) is 0 Å². The van der Waals surface area contributed by atoms with E-state index in [1.54, 1.807) is 36.4 Å². The van der Waals surface area contributed by atoms with Crippen LogP contribution in [-0.2, 0) is 10.1 Å². The Morgan fingerprint density at radius 1 is 0.542 bits per heavy atom. The maximum Gasteiger partial charge on any atom is 0.294 e. The Balaban J connectivity index is 1.30. The highest BCUT2D eigenvalue weighted by atomic mass is 32.2. The zero-order chi connectivity index (χ0) is 33.9. The summed E-state index contributed by atoms with van der Waals surface area (Å²) in [5.74, 6) is -1.52. The van der Waals surface area contributed by atoms with Gasteiger partial charge in [-0.2, -0.15) is 8.42 Å². The zero-order valence-corrected chi connectivity index (χ0v) is 25.3. The number of anilines is 2. The number of nitrogens with two attached hydrogens (primary N) is 2. The fourth-order valence-corrected chi connectivity index (χ4v) is 6.29. The third-order valence-electron chi connectivity index (χ3n) is 7.96. The highest BCUT2D eigenvalue weighted by Gasteiger charge is 2.34. The fraction of sp³-hybridized carbons (Fsp3) is 0. The topological polar surface area (TPSA) is 230 Å². The molecule has 236 valence electrons. The molecule has 7 N–H and O–H groups in total. The molecule has 0 saturated carbocycles. The Hall–Kier alpha value is -6.51. The van der Waals surface area contributed by atoms with Gasteiger partial charge in [-0.1, -0.05) is 36.4 Å². The van der Waals surface area contributed by atoms with Gasteiger partial charge in [-0.25, -0.2) is 0 Å². The van der Waals surface area contributed by atoms with Crippen LogP contribution < -0.4 is 11.5 Å². The van der Waals surface area contributed by atoms with E-state index in [0.29, 0.717) is 22.1 Å². The van der Waals surface area contributed by atoms with Gasteiger partial charge in [-0.05, 0) is 48.5 Å². The number of ketones is 2. The van der Waals surface area contributed by atoms with E-state index >= 15 is 0 Å². The quantitative estimate of drug-likeness (QED) is 0.0702. The van der Waals surface area contributed by atoms with E-state index in [2.05, 4.69) is 20.5 Å². The minimum atomic E-state index is -4.69. The predicted octanol–water partition coefficient (Wildman–Crippen LogP) is 7.42. The number of nitrogen functional groups attached to an aromatic ring is 2. The van der Waals surface area contributed by atoms with Crippen molar-refractivity contribution in [3.8, 4) is 11.5 Å². The first-order valence-corrected chi connectivity index (χ1v) is 15.6. The van der Waals surface area contributed by atoms with Crippen LogP contribution >= 0.6 is 0 Å². The van der Waals surface area contributed by atoms with Gasteiger partial charge in [0.1, 0.15) is 11.5 Å². The van der Waals surface area contributed by atoms with Crippen LogP contribution in [0.5, 0.6) is 11.5 Å². The molecule has 0 aliphatic heterocycles. The molecule has 0 bridgehead atoms. The van der Waals surface area contributed by atoms with Crippen LogP contribution in [0.4, 0.5) is 34.1 Å². The normalized spacial score (nSPS) is 13.1. The molecule has 1 aliphatic rings. The van der Waals surface area contributed by atoms with Crippen LogP contribution in [0.3, 0.4) is 0 Å². The first kappa shape index (κ1) is 30.2. The van der Waals surface area contributed by atoms with Crippen molar-refractivity contribution in [2.24, 2.45) is 20.5 Å². The SMILES string of the molecule is Nc1ccc(N=Nc2cccc3c2C(=O)c2cccc(N=Nc4ccc(N)c5c(O)cc(S(=O)(=O)O)cc45)c2C3=O)c2cccc(O)c12. The van der Waals surface area contributed by atoms with Gasteiger partial charge in [0.2, 0.25) is 0 Å². The summed E-state index contributed by atoms with van der Waals surface area (Å²) in [6.45, 7) is 0. The monoisotopic (exact) mass is 658 g/mol. The third kappa shape index (κ3) is 4.88. The molecule has 0 radical (unpaired) electrons. The number of benzene rings is 6. The largest absolute Gasteiger partial charge is 0.507 e. The fourth-order valence-electron chi connectivity index (χ4n) is 5.76.